The lowest BCUT2D eigenvalue weighted by molar-refractivity contribution is 0.302. The number of para-hydroxylation sites is 1. The van der Waals surface area contributed by atoms with Crippen LogP contribution in [0.1, 0.15) is 5.69 Å². The monoisotopic (exact) mass is 335 g/mol. The number of phenolic OH excluding ortho intramolecular Hbond substituents is 1. The first kappa shape index (κ1) is 14.9. The van der Waals surface area contributed by atoms with Gasteiger partial charge >= 0.3 is 5.63 Å². The maximum absolute atomic E-state index is 11.6. The minimum Gasteiger partial charge on any atom is -0.508 e. The lowest BCUT2D eigenvalue weighted by Crippen LogP contribution is -2.02. The molecular weight excluding hydrogens is 322 g/mol. The third kappa shape index (κ3) is 3.07. The van der Waals surface area contributed by atoms with E-state index in [4.69, 9.17) is 9.15 Å². The third-order valence-corrected chi connectivity index (χ3v) is 3.64. The highest BCUT2D eigenvalue weighted by atomic mass is 16.5. The lowest BCUT2D eigenvalue weighted by Gasteiger charge is -2.06. The van der Waals surface area contributed by atoms with Crippen LogP contribution in [0.5, 0.6) is 11.5 Å². The van der Waals surface area contributed by atoms with Crippen molar-refractivity contribution in [1.29, 1.82) is 0 Å². The molecule has 124 valence electrons. The largest absolute Gasteiger partial charge is 0.508 e. The van der Waals surface area contributed by atoms with Crippen LogP contribution in [0.3, 0.4) is 0 Å². The molecule has 0 radical (unpaired) electrons. The highest BCUT2D eigenvalue weighted by molar-refractivity contribution is 5.82. The molecule has 0 aliphatic heterocycles. The quantitative estimate of drug-likeness (QED) is 0.577. The summed E-state index contributed by atoms with van der Waals surface area (Å²) in [7, 11) is 0. The molecule has 7 nitrogen and oxygen atoms in total. The summed E-state index contributed by atoms with van der Waals surface area (Å²) in [6.07, 6.45) is 1.72. The summed E-state index contributed by atoms with van der Waals surface area (Å²) in [5, 5.41) is 18.1. The van der Waals surface area contributed by atoms with Crippen LogP contribution in [0, 0.1) is 0 Å². The Balaban J connectivity index is 1.56. The summed E-state index contributed by atoms with van der Waals surface area (Å²) in [4.78, 5) is 11.6. The summed E-state index contributed by atoms with van der Waals surface area (Å²) >= 11 is 0. The Bertz CT molecular complexity index is 1080. The van der Waals surface area contributed by atoms with Crippen molar-refractivity contribution in [1.82, 2.24) is 15.0 Å². The van der Waals surface area contributed by atoms with Crippen molar-refractivity contribution in [3.05, 3.63) is 76.9 Å². The Morgan fingerprint density at radius 3 is 2.76 bits per heavy atom. The lowest BCUT2D eigenvalue weighted by atomic mass is 10.2. The number of phenols is 1. The number of aromatic hydroxyl groups is 1. The van der Waals surface area contributed by atoms with Crippen LogP contribution in [0.15, 0.2) is 70.0 Å². The van der Waals surface area contributed by atoms with Crippen molar-refractivity contribution in [2.75, 3.05) is 0 Å². The van der Waals surface area contributed by atoms with Gasteiger partial charge in [-0.1, -0.05) is 17.3 Å². The molecule has 0 amide bonds. The predicted molar refractivity (Wildman–Crippen MR) is 89.8 cm³/mol. The zero-order chi connectivity index (χ0) is 17.2. The van der Waals surface area contributed by atoms with Crippen molar-refractivity contribution < 1.29 is 14.3 Å². The van der Waals surface area contributed by atoms with E-state index in [1.54, 1.807) is 47.3 Å². The fourth-order valence-electron chi connectivity index (χ4n) is 2.45. The van der Waals surface area contributed by atoms with Crippen molar-refractivity contribution >= 4 is 11.0 Å². The van der Waals surface area contributed by atoms with E-state index < -0.39 is 5.63 Å². The maximum Gasteiger partial charge on any atom is 0.339 e. The van der Waals surface area contributed by atoms with E-state index in [0.717, 1.165) is 5.69 Å². The summed E-state index contributed by atoms with van der Waals surface area (Å²) < 4.78 is 12.5. The minimum atomic E-state index is -0.471. The first-order valence-corrected chi connectivity index (χ1v) is 7.55. The van der Waals surface area contributed by atoms with Crippen LogP contribution in [0.25, 0.3) is 16.7 Å². The summed E-state index contributed by atoms with van der Waals surface area (Å²) in [5.41, 5.74) is 1.37. The summed E-state index contributed by atoms with van der Waals surface area (Å²) in [6.45, 7) is 0.158. The van der Waals surface area contributed by atoms with Gasteiger partial charge in [0.15, 0.2) is 0 Å². The number of ether oxygens (including phenoxy) is 1. The van der Waals surface area contributed by atoms with Gasteiger partial charge in [0.2, 0.25) is 0 Å². The number of aromatic nitrogens is 3. The fraction of sp³-hybridized carbons (Fsp3) is 0.0556. The molecular formula is C18H13N3O4. The van der Waals surface area contributed by atoms with Crippen LogP contribution >= 0.6 is 0 Å². The van der Waals surface area contributed by atoms with E-state index in [2.05, 4.69) is 10.3 Å². The Morgan fingerprint density at radius 2 is 1.92 bits per heavy atom. The van der Waals surface area contributed by atoms with Gasteiger partial charge in [0.1, 0.15) is 29.4 Å². The Kier molecular flexibility index (Phi) is 3.66. The molecule has 0 atom stereocenters. The first-order chi connectivity index (χ1) is 12.2. The Labute approximate surface area is 141 Å². The Morgan fingerprint density at radius 1 is 1.12 bits per heavy atom. The van der Waals surface area contributed by atoms with Crippen molar-refractivity contribution in [3.63, 3.8) is 0 Å². The van der Waals surface area contributed by atoms with Gasteiger partial charge in [0.05, 0.1) is 23.3 Å². The van der Waals surface area contributed by atoms with E-state index in [1.165, 1.54) is 6.07 Å². The average molecular weight is 335 g/mol. The molecule has 0 unspecified atom stereocenters. The smallest absolute Gasteiger partial charge is 0.339 e. The van der Waals surface area contributed by atoms with E-state index >= 15 is 0 Å². The van der Waals surface area contributed by atoms with E-state index in [9.17, 15) is 9.90 Å². The third-order valence-electron chi connectivity index (χ3n) is 3.64. The summed E-state index contributed by atoms with van der Waals surface area (Å²) in [6, 6.07) is 15.1. The number of nitrogens with zero attached hydrogens (tertiary/aromatic N) is 3. The van der Waals surface area contributed by atoms with Crippen LogP contribution in [-0.4, -0.2) is 20.1 Å². The van der Waals surface area contributed by atoms with E-state index in [1.807, 2.05) is 12.1 Å². The van der Waals surface area contributed by atoms with Gasteiger partial charge in [0, 0.05) is 0 Å². The number of benzene rings is 2. The molecule has 4 aromatic rings. The molecule has 0 saturated heterocycles. The SMILES string of the molecule is O=c1cc(OCc2cn(-c3ccc(O)cc3)nn2)c2ccccc2o1. The average Bonchev–Trinajstić information content (AvgIpc) is 3.09. The van der Waals surface area contributed by atoms with Gasteiger partial charge < -0.3 is 14.3 Å². The molecule has 0 saturated carbocycles. The second-order valence-electron chi connectivity index (χ2n) is 5.39. The van der Waals surface area contributed by atoms with Crippen molar-refractivity contribution in [3.8, 4) is 17.2 Å². The molecule has 7 heteroatoms. The molecule has 4 rings (SSSR count). The van der Waals surface area contributed by atoms with Crippen molar-refractivity contribution in [2.45, 2.75) is 6.61 Å². The highest BCUT2D eigenvalue weighted by Gasteiger charge is 2.08. The van der Waals surface area contributed by atoms with Gasteiger partial charge in [-0.2, -0.15) is 0 Å². The molecule has 1 N–H and O–H groups in total. The molecule has 0 bridgehead atoms. The number of fused-ring (bicyclic) bond motifs is 1. The van der Waals surface area contributed by atoms with Gasteiger partial charge in [-0.05, 0) is 36.4 Å². The second-order valence-corrected chi connectivity index (χ2v) is 5.39. The molecule has 2 heterocycles. The highest BCUT2D eigenvalue weighted by Crippen LogP contribution is 2.24. The zero-order valence-electron chi connectivity index (χ0n) is 13.0. The molecule has 2 aromatic carbocycles. The van der Waals surface area contributed by atoms with E-state index in [-0.39, 0.29) is 12.4 Å². The van der Waals surface area contributed by atoms with Crippen LogP contribution in [-0.2, 0) is 6.61 Å². The standard InChI is InChI=1S/C18H13N3O4/c22-14-7-5-13(6-8-14)21-10-12(19-20-21)11-24-17-9-18(23)25-16-4-2-1-3-15(16)17/h1-10,22H,11H2. The molecule has 0 aliphatic rings. The van der Waals surface area contributed by atoms with Crippen molar-refractivity contribution in [2.24, 2.45) is 0 Å². The number of hydrogen-bond donors (Lipinski definition) is 1. The second kappa shape index (κ2) is 6.12. The first-order valence-electron chi connectivity index (χ1n) is 7.55. The maximum atomic E-state index is 11.6. The van der Waals surface area contributed by atoms with Crippen LogP contribution < -0.4 is 10.4 Å². The van der Waals surface area contributed by atoms with E-state index in [0.29, 0.717) is 22.4 Å². The molecule has 0 spiro atoms. The number of hydrogen-bond acceptors (Lipinski definition) is 6. The van der Waals surface area contributed by atoms with Gasteiger partial charge in [-0.3, -0.25) is 0 Å². The fourth-order valence-corrected chi connectivity index (χ4v) is 2.45. The van der Waals surface area contributed by atoms with Gasteiger partial charge in [0.25, 0.3) is 0 Å². The molecule has 25 heavy (non-hydrogen) atoms. The predicted octanol–water partition coefficient (Wildman–Crippen LogP) is 2.66. The molecule has 0 aliphatic carbocycles. The van der Waals surface area contributed by atoms with Gasteiger partial charge in [-0.25, -0.2) is 9.48 Å². The number of rotatable bonds is 4. The zero-order valence-corrected chi connectivity index (χ0v) is 13.0. The summed E-state index contributed by atoms with van der Waals surface area (Å²) in [5.74, 6) is 0.619. The molecule has 2 aromatic heterocycles. The van der Waals surface area contributed by atoms with Gasteiger partial charge in [-0.15, -0.1) is 5.10 Å². The normalized spacial score (nSPS) is 10.9. The van der Waals surface area contributed by atoms with Crippen LogP contribution in [0.4, 0.5) is 0 Å². The topological polar surface area (TPSA) is 90.4 Å². The Hall–Kier alpha value is -3.61. The minimum absolute atomic E-state index is 0.158. The molecule has 0 fully saturated rings. The van der Waals surface area contributed by atoms with Crippen LogP contribution in [0.2, 0.25) is 0 Å².